The number of thiophene rings is 1. The average molecular weight is 552 g/mol. The molecule has 0 radical (unpaired) electrons. The summed E-state index contributed by atoms with van der Waals surface area (Å²) in [6.45, 7) is 3.67. The molecule has 10 nitrogen and oxygen atoms in total. The highest BCUT2D eigenvalue weighted by atomic mass is 32.1. The molecule has 0 saturated heterocycles. The third-order valence-electron chi connectivity index (χ3n) is 5.89. The monoisotopic (exact) mass is 551 g/mol. The minimum absolute atomic E-state index is 0.101. The number of non-ortho nitro benzene ring substituents is 1. The van der Waals surface area contributed by atoms with Crippen molar-refractivity contribution in [2.24, 2.45) is 4.99 Å². The van der Waals surface area contributed by atoms with Crippen LogP contribution in [0.15, 0.2) is 73.3 Å². The van der Waals surface area contributed by atoms with Crippen LogP contribution in [-0.4, -0.2) is 29.2 Å². The molecule has 1 unspecified atom stereocenters. The molecule has 0 amide bonds. The Balaban J connectivity index is 1.59. The highest BCUT2D eigenvalue weighted by Gasteiger charge is 2.33. The zero-order valence-electron chi connectivity index (χ0n) is 20.5. The summed E-state index contributed by atoms with van der Waals surface area (Å²) in [7, 11) is 1.42. The second kappa shape index (κ2) is 10.2. The number of fused-ring (bicyclic) bond motifs is 1. The van der Waals surface area contributed by atoms with Crippen molar-refractivity contribution >= 4 is 40.4 Å². The molecule has 12 heteroatoms. The van der Waals surface area contributed by atoms with Crippen LogP contribution in [0.2, 0.25) is 0 Å². The maximum atomic E-state index is 13.6. The Bertz CT molecular complexity index is 1760. The van der Waals surface area contributed by atoms with Gasteiger partial charge < -0.3 is 13.9 Å². The molecule has 3 aromatic heterocycles. The van der Waals surface area contributed by atoms with Gasteiger partial charge in [0.25, 0.3) is 11.2 Å². The number of allylic oxidation sites excluding steroid dienone is 1. The molecule has 1 aliphatic rings. The fraction of sp³-hybridized carbons (Fsp3) is 0.192. The van der Waals surface area contributed by atoms with Crippen molar-refractivity contribution in [3.63, 3.8) is 0 Å². The number of carbonyl (C=O) groups is 1. The first-order valence-corrected chi connectivity index (χ1v) is 13.2. The van der Waals surface area contributed by atoms with Gasteiger partial charge in [0, 0.05) is 17.0 Å². The number of methoxy groups -OCH3 is 1. The lowest BCUT2D eigenvalue weighted by atomic mass is 10.0. The quantitative estimate of drug-likeness (QED) is 0.193. The average Bonchev–Trinajstić information content (AvgIpc) is 3.65. The molecular formula is C26H21N3O7S2. The van der Waals surface area contributed by atoms with Crippen molar-refractivity contribution in [2.45, 2.75) is 19.9 Å². The van der Waals surface area contributed by atoms with Crippen LogP contribution >= 0.6 is 22.7 Å². The summed E-state index contributed by atoms with van der Waals surface area (Å²) in [5.74, 6) is 0.610. The molecule has 38 heavy (non-hydrogen) atoms. The van der Waals surface area contributed by atoms with Crippen LogP contribution in [0.1, 0.15) is 30.5 Å². The predicted molar refractivity (Wildman–Crippen MR) is 142 cm³/mol. The minimum atomic E-state index is -0.649. The van der Waals surface area contributed by atoms with Crippen LogP contribution in [0, 0.1) is 10.1 Å². The number of nitrogens with zero attached hydrogens (tertiary/aromatic N) is 3. The highest BCUT2D eigenvalue weighted by Crippen LogP contribution is 2.35. The molecule has 1 atom stereocenters. The smallest absolute Gasteiger partial charge is 0.338 e. The van der Waals surface area contributed by atoms with E-state index in [4.69, 9.17) is 13.9 Å². The number of carbonyl (C=O) groups excluding carboxylic acids is 1. The van der Waals surface area contributed by atoms with Crippen LogP contribution in [0.4, 0.5) is 5.69 Å². The van der Waals surface area contributed by atoms with Gasteiger partial charge in [-0.1, -0.05) is 17.4 Å². The van der Waals surface area contributed by atoms with Gasteiger partial charge in [0.2, 0.25) is 0 Å². The molecule has 4 heterocycles. The number of nitro groups is 1. The molecule has 5 rings (SSSR count). The summed E-state index contributed by atoms with van der Waals surface area (Å²) in [4.78, 5) is 42.9. The topological polar surface area (TPSA) is 126 Å². The summed E-state index contributed by atoms with van der Waals surface area (Å²) in [6.07, 6.45) is 1.61. The van der Waals surface area contributed by atoms with Crippen LogP contribution in [0.25, 0.3) is 17.4 Å². The second-order valence-corrected chi connectivity index (χ2v) is 10.1. The summed E-state index contributed by atoms with van der Waals surface area (Å²) >= 11 is 2.64. The van der Waals surface area contributed by atoms with E-state index >= 15 is 0 Å². The Kier molecular flexibility index (Phi) is 6.83. The number of hydrogen-bond donors (Lipinski definition) is 0. The lowest BCUT2D eigenvalue weighted by molar-refractivity contribution is -0.384. The van der Waals surface area contributed by atoms with E-state index in [1.807, 2.05) is 17.5 Å². The number of furan rings is 1. The normalized spacial score (nSPS) is 15.2. The maximum Gasteiger partial charge on any atom is 0.338 e. The van der Waals surface area contributed by atoms with E-state index in [2.05, 4.69) is 4.99 Å². The van der Waals surface area contributed by atoms with E-state index in [1.54, 1.807) is 38.1 Å². The maximum absolute atomic E-state index is 13.6. The second-order valence-electron chi connectivity index (χ2n) is 8.16. The Labute approximate surface area is 223 Å². The Morgan fingerprint density at radius 1 is 1.29 bits per heavy atom. The fourth-order valence-electron chi connectivity index (χ4n) is 4.21. The molecule has 1 aromatic carbocycles. The number of ether oxygens (including phenoxy) is 2. The zero-order valence-corrected chi connectivity index (χ0v) is 22.1. The Morgan fingerprint density at radius 3 is 2.79 bits per heavy atom. The lowest BCUT2D eigenvalue weighted by Crippen LogP contribution is -2.39. The third kappa shape index (κ3) is 4.48. The van der Waals surface area contributed by atoms with Crippen LogP contribution in [0.5, 0.6) is 5.75 Å². The molecule has 0 N–H and O–H groups in total. The van der Waals surface area contributed by atoms with Gasteiger partial charge in [-0.25, -0.2) is 9.79 Å². The van der Waals surface area contributed by atoms with Crippen molar-refractivity contribution in [3.8, 4) is 17.1 Å². The van der Waals surface area contributed by atoms with E-state index in [9.17, 15) is 19.7 Å². The highest BCUT2D eigenvalue weighted by molar-refractivity contribution is 7.10. The van der Waals surface area contributed by atoms with Crippen molar-refractivity contribution < 1.29 is 23.6 Å². The van der Waals surface area contributed by atoms with E-state index in [0.29, 0.717) is 37.7 Å². The number of rotatable bonds is 7. The first-order chi connectivity index (χ1) is 18.3. The first-order valence-electron chi connectivity index (χ1n) is 11.5. The number of aromatic nitrogens is 1. The molecule has 194 valence electrons. The van der Waals surface area contributed by atoms with Gasteiger partial charge >= 0.3 is 5.97 Å². The molecule has 4 aromatic rings. The van der Waals surface area contributed by atoms with Crippen LogP contribution in [-0.2, 0) is 9.53 Å². The van der Waals surface area contributed by atoms with Crippen molar-refractivity contribution in [1.82, 2.24) is 4.57 Å². The largest absolute Gasteiger partial charge is 0.496 e. The number of esters is 1. The molecule has 0 aliphatic carbocycles. The molecule has 0 bridgehead atoms. The van der Waals surface area contributed by atoms with E-state index in [1.165, 1.54) is 46.5 Å². The van der Waals surface area contributed by atoms with Crippen molar-refractivity contribution in [2.75, 3.05) is 13.7 Å². The van der Waals surface area contributed by atoms with Gasteiger partial charge in [-0.05, 0) is 43.5 Å². The lowest BCUT2D eigenvalue weighted by Gasteiger charge is -2.23. The third-order valence-corrected chi connectivity index (χ3v) is 7.80. The Morgan fingerprint density at radius 2 is 2.11 bits per heavy atom. The molecule has 0 saturated carbocycles. The van der Waals surface area contributed by atoms with Gasteiger partial charge in [0.05, 0.1) is 46.1 Å². The van der Waals surface area contributed by atoms with Crippen molar-refractivity contribution in [1.29, 1.82) is 0 Å². The Hall–Kier alpha value is -4.29. The van der Waals surface area contributed by atoms with Crippen LogP contribution < -0.4 is 19.6 Å². The first kappa shape index (κ1) is 25.4. The van der Waals surface area contributed by atoms with Gasteiger partial charge in [-0.2, -0.15) is 0 Å². The molecular weight excluding hydrogens is 530 g/mol. The summed E-state index contributed by atoms with van der Waals surface area (Å²) < 4.78 is 18.5. The fourth-order valence-corrected chi connectivity index (χ4v) is 6.06. The SMILES string of the molecule is CCOC(=O)C1=C(C)N=c2s/c(=C\c3ccc(-c4ccc([N+](=O)[O-])cc4OC)o3)c(=O)n2C1c1cccs1. The van der Waals surface area contributed by atoms with Gasteiger partial charge in [-0.3, -0.25) is 19.5 Å². The van der Waals surface area contributed by atoms with Gasteiger partial charge in [0.15, 0.2) is 4.80 Å². The summed E-state index contributed by atoms with van der Waals surface area (Å²) in [5, 5.41) is 13.0. The van der Waals surface area contributed by atoms with Gasteiger partial charge in [0.1, 0.15) is 23.3 Å². The molecule has 0 fully saturated rings. The predicted octanol–water partition coefficient (Wildman–Crippen LogP) is 4.04. The molecule has 1 aliphatic heterocycles. The number of nitro benzene ring substituents is 1. The van der Waals surface area contributed by atoms with Crippen LogP contribution in [0.3, 0.4) is 0 Å². The molecule has 0 spiro atoms. The van der Waals surface area contributed by atoms with E-state index < -0.39 is 16.9 Å². The zero-order chi connectivity index (χ0) is 27.0. The number of benzene rings is 1. The minimum Gasteiger partial charge on any atom is -0.496 e. The number of thiazole rings is 1. The number of hydrogen-bond acceptors (Lipinski definition) is 10. The van der Waals surface area contributed by atoms with E-state index in [-0.39, 0.29) is 23.6 Å². The summed E-state index contributed by atoms with van der Waals surface area (Å²) in [6, 6.07) is 10.7. The van der Waals surface area contributed by atoms with Crippen molar-refractivity contribution in [3.05, 3.63) is 99.6 Å². The standard InChI is InChI=1S/C26H21N3O7S2/c1-4-35-25(31)22-14(2)27-26-28(23(22)20-6-5-11-37-20)24(30)21(38-26)13-16-8-10-18(36-16)17-9-7-15(29(32)33)12-19(17)34-3/h5-13,23H,4H2,1-3H3/b21-13-. The summed E-state index contributed by atoms with van der Waals surface area (Å²) in [5.41, 5.74) is 0.953. The van der Waals surface area contributed by atoms with E-state index in [0.717, 1.165) is 4.88 Å². The van der Waals surface area contributed by atoms with Gasteiger partial charge in [-0.15, -0.1) is 11.3 Å².